The zero-order valence-electron chi connectivity index (χ0n) is 19.6. The van der Waals surface area contributed by atoms with E-state index < -0.39 is 0 Å². The maximum Gasteiger partial charge on any atom is 0.234 e. The molecular formula is C28H27N5OS. The Bertz CT molecular complexity index is 1420. The Hall–Kier alpha value is -3.84. The van der Waals surface area contributed by atoms with Crippen LogP contribution in [0.1, 0.15) is 25.3 Å². The molecule has 0 saturated heterocycles. The molecule has 2 N–H and O–H groups in total. The van der Waals surface area contributed by atoms with Gasteiger partial charge in [-0.25, -0.2) is 0 Å². The molecule has 5 rings (SSSR count). The summed E-state index contributed by atoms with van der Waals surface area (Å²) < 4.78 is 2.01. The molecule has 176 valence electrons. The number of hydrogen-bond donors (Lipinski definition) is 2. The third kappa shape index (κ3) is 5.15. The Labute approximate surface area is 208 Å². The molecule has 6 nitrogen and oxygen atoms in total. The van der Waals surface area contributed by atoms with Gasteiger partial charge in [-0.2, -0.15) is 0 Å². The SMILES string of the molecule is CCCCc1ccc(NC(=O)CSc2nnc(-c3c[nH]c4ccccc34)n2-c2ccccc2)cc1. The van der Waals surface area contributed by atoms with Crippen LogP contribution in [0, 0.1) is 0 Å². The van der Waals surface area contributed by atoms with E-state index >= 15 is 0 Å². The minimum Gasteiger partial charge on any atom is -0.360 e. The fraction of sp³-hybridized carbons (Fsp3) is 0.179. The van der Waals surface area contributed by atoms with Crippen molar-refractivity contribution in [2.45, 2.75) is 31.3 Å². The first-order valence-corrected chi connectivity index (χ1v) is 12.8. The van der Waals surface area contributed by atoms with Gasteiger partial charge < -0.3 is 10.3 Å². The number of H-pyrrole nitrogens is 1. The summed E-state index contributed by atoms with van der Waals surface area (Å²) in [6, 6.07) is 26.2. The van der Waals surface area contributed by atoms with Crippen molar-refractivity contribution in [2.75, 3.05) is 11.1 Å². The van der Waals surface area contributed by atoms with Crippen LogP contribution in [0.2, 0.25) is 0 Å². The highest BCUT2D eigenvalue weighted by atomic mass is 32.2. The van der Waals surface area contributed by atoms with Crippen molar-refractivity contribution in [3.8, 4) is 17.1 Å². The van der Waals surface area contributed by atoms with E-state index in [1.807, 2.05) is 71.4 Å². The minimum atomic E-state index is -0.0763. The Morgan fingerprint density at radius 1 is 0.971 bits per heavy atom. The van der Waals surface area contributed by atoms with Crippen LogP contribution in [0.4, 0.5) is 5.69 Å². The second-order valence-corrected chi connectivity index (χ2v) is 9.30. The van der Waals surface area contributed by atoms with Crippen LogP contribution in [0.15, 0.2) is 90.2 Å². The Kier molecular flexibility index (Phi) is 6.95. The maximum atomic E-state index is 12.7. The van der Waals surface area contributed by atoms with Crippen LogP contribution in [0.25, 0.3) is 28.0 Å². The summed E-state index contributed by atoms with van der Waals surface area (Å²) in [6.07, 6.45) is 5.37. The molecule has 0 atom stereocenters. The smallest absolute Gasteiger partial charge is 0.234 e. The number of benzene rings is 3. The highest BCUT2D eigenvalue weighted by Gasteiger charge is 2.19. The van der Waals surface area contributed by atoms with Gasteiger partial charge in [0.15, 0.2) is 11.0 Å². The number of aryl methyl sites for hydroxylation is 1. The normalized spacial score (nSPS) is 11.1. The van der Waals surface area contributed by atoms with Gasteiger partial charge in [-0.3, -0.25) is 9.36 Å². The molecule has 0 saturated carbocycles. The number of unbranched alkanes of at least 4 members (excludes halogenated alkanes) is 1. The molecule has 5 aromatic rings. The molecular weight excluding hydrogens is 454 g/mol. The third-order valence-corrected chi connectivity index (χ3v) is 6.80. The molecule has 35 heavy (non-hydrogen) atoms. The van der Waals surface area contributed by atoms with Crippen LogP contribution in [-0.2, 0) is 11.2 Å². The fourth-order valence-electron chi connectivity index (χ4n) is 4.07. The van der Waals surface area contributed by atoms with Gasteiger partial charge in [0.2, 0.25) is 5.91 Å². The number of aromatic amines is 1. The van der Waals surface area contributed by atoms with E-state index in [1.165, 1.54) is 30.2 Å². The molecule has 0 bridgehead atoms. The van der Waals surface area contributed by atoms with E-state index in [2.05, 4.69) is 45.6 Å². The van der Waals surface area contributed by atoms with Crippen LogP contribution in [-0.4, -0.2) is 31.4 Å². The molecule has 0 aliphatic heterocycles. The first kappa shape index (κ1) is 22.9. The van der Waals surface area contributed by atoms with Gasteiger partial charge in [0.05, 0.1) is 5.75 Å². The van der Waals surface area contributed by atoms with E-state index in [4.69, 9.17) is 0 Å². The number of rotatable bonds is 9. The van der Waals surface area contributed by atoms with Gasteiger partial charge >= 0.3 is 0 Å². The zero-order chi connectivity index (χ0) is 24.0. The fourth-order valence-corrected chi connectivity index (χ4v) is 4.82. The lowest BCUT2D eigenvalue weighted by Crippen LogP contribution is -2.14. The predicted molar refractivity (Wildman–Crippen MR) is 143 cm³/mol. The van der Waals surface area contributed by atoms with Gasteiger partial charge in [0.25, 0.3) is 0 Å². The lowest BCUT2D eigenvalue weighted by atomic mass is 10.1. The highest BCUT2D eigenvalue weighted by Crippen LogP contribution is 2.32. The van der Waals surface area contributed by atoms with Crippen molar-refractivity contribution in [2.24, 2.45) is 0 Å². The number of fused-ring (bicyclic) bond motifs is 1. The molecule has 1 amide bonds. The van der Waals surface area contributed by atoms with Crippen molar-refractivity contribution in [3.63, 3.8) is 0 Å². The number of anilines is 1. The molecule has 7 heteroatoms. The van der Waals surface area contributed by atoms with Crippen molar-refractivity contribution in [3.05, 3.63) is 90.6 Å². The topological polar surface area (TPSA) is 75.6 Å². The van der Waals surface area contributed by atoms with Gasteiger partial charge in [-0.15, -0.1) is 10.2 Å². The average molecular weight is 482 g/mol. The quantitative estimate of drug-likeness (QED) is 0.236. The molecule has 0 aliphatic carbocycles. The molecule has 0 radical (unpaired) electrons. The summed E-state index contributed by atoms with van der Waals surface area (Å²) >= 11 is 1.37. The molecule has 3 aromatic carbocycles. The largest absolute Gasteiger partial charge is 0.360 e. The second kappa shape index (κ2) is 10.6. The van der Waals surface area contributed by atoms with Gasteiger partial charge in [-0.05, 0) is 48.7 Å². The minimum absolute atomic E-state index is 0.0763. The van der Waals surface area contributed by atoms with E-state index in [-0.39, 0.29) is 11.7 Å². The number of thioether (sulfide) groups is 1. The molecule has 0 spiro atoms. The molecule has 2 heterocycles. The third-order valence-electron chi connectivity index (χ3n) is 5.87. The number of amides is 1. The number of carbonyl (C=O) groups is 1. The standard InChI is InChI=1S/C28H27N5OS/c1-2-3-9-20-14-16-21(17-15-20)30-26(34)19-35-28-32-31-27(33(28)22-10-5-4-6-11-22)24-18-29-25-13-8-7-12-23(24)25/h4-8,10-18,29H,2-3,9,19H2,1H3,(H,30,34). The lowest BCUT2D eigenvalue weighted by molar-refractivity contribution is -0.113. The van der Waals surface area contributed by atoms with Crippen LogP contribution < -0.4 is 5.32 Å². The van der Waals surface area contributed by atoms with E-state index in [9.17, 15) is 4.79 Å². The van der Waals surface area contributed by atoms with Crippen molar-refractivity contribution in [1.29, 1.82) is 0 Å². The van der Waals surface area contributed by atoms with Crippen molar-refractivity contribution < 1.29 is 4.79 Å². The van der Waals surface area contributed by atoms with Crippen molar-refractivity contribution >= 4 is 34.3 Å². The first-order chi connectivity index (χ1) is 17.2. The van der Waals surface area contributed by atoms with E-state index in [0.717, 1.165) is 40.1 Å². The van der Waals surface area contributed by atoms with Crippen LogP contribution in [0.5, 0.6) is 0 Å². The van der Waals surface area contributed by atoms with E-state index in [1.54, 1.807) is 0 Å². The monoisotopic (exact) mass is 481 g/mol. The van der Waals surface area contributed by atoms with Gasteiger partial charge in [0, 0.05) is 34.0 Å². The zero-order valence-corrected chi connectivity index (χ0v) is 20.4. The molecule has 0 unspecified atom stereocenters. The summed E-state index contributed by atoms with van der Waals surface area (Å²) in [5.41, 5.74) is 5.05. The number of aromatic nitrogens is 4. The van der Waals surface area contributed by atoms with Gasteiger partial charge in [-0.1, -0.05) is 73.6 Å². The molecule has 0 fully saturated rings. The number of nitrogens with zero attached hydrogens (tertiary/aromatic N) is 3. The highest BCUT2D eigenvalue weighted by molar-refractivity contribution is 7.99. The lowest BCUT2D eigenvalue weighted by Gasteiger charge is -2.10. The Morgan fingerprint density at radius 2 is 1.74 bits per heavy atom. The summed E-state index contributed by atoms with van der Waals surface area (Å²) in [5.74, 6) is 0.892. The first-order valence-electron chi connectivity index (χ1n) is 11.8. The Balaban J connectivity index is 1.36. The van der Waals surface area contributed by atoms with Crippen LogP contribution in [0.3, 0.4) is 0 Å². The summed E-state index contributed by atoms with van der Waals surface area (Å²) in [4.78, 5) is 16.0. The average Bonchev–Trinajstić information content (AvgIpc) is 3.51. The van der Waals surface area contributed by atoms with Gasteiger partial charge in [0.1, 0.15) is 0 Å². The number of nitrogens with one attached hydrogen (secondary N) is 2. The second-order valence-electron chi connectivity index (χ2n) is 8.36. The summed E-state index contributed by atoms with van der Waals surface area (Å²) in [7, 11) is 0. The number of hydrogen-bond acceptors (Lipinski definition) is 4. The molecule has 2 aromatic heterocycles. The number of para-hydroxylation sites is 2. The predicted octanol–water partition coefficient (Wildman–Crippen LogP) is 6.49. The summed E-state index contributed by atoms with van der Waals surface area (Å²) in [5, 5.41) is 13.7. The van der Waals surface area contributed by atoms with Crippen molar-refractivity contribution in [1.82, 2.24) is 19.7 Å². The molecule has 0 aliphatic rings. The Morgan fingerprint density at radius 3 is 2.54 bits per heavy atom. The summed E-state index contributed by atoms with van der Waals surface area (Å²) in [6.45, 7) is 2.19. The van der Waals surface area contributed by atoms with E-state index in [0.29, 0.717) is 5.16 Å². The van der Waals surface area contributed by atoms with Crippen LogP contribution >= 0.6 is 11.8 Å². The number of carbonyl (C=O) groups excluding carboxylic acids is 1. The maximum absolute atomic E-state index is 12.7.